The number of piperazine rings is 1. The maximum absolute atomic E-state index is 12.7. The molecule has 0 aromatic heterocycles. The summed E-state index contributed by atoms with van der Waals surface area (Å²) in [4.78, 5) is 18.4. The van der Waals surface area contributed by atoms with Gasteiger partial charge in [0.2, 0.25) is 0 Å². The number of nitrogens with one attached hydrogen (secondary N) is 2. The Kier molecular flexibility index (Phi) is 7.72. The van der Waals surface area contributed by atoms with Gasteiger partial charge in [0.15, 0.2) is 11.7 Å². The SMILES string of the molecule is CCOc1ccc(NC(=S)N2CC[NH+](CC(=O)N3C[C@@H](C)C[C@H](C)C3)CC2)cc1. The van der Waals surface area contributed by atoms with Crippen LogP contribution in [0.2, 0.25) is 0 Å². The highest BCUT2D eigenvalue weighted by Gasteiger charge is 2.29. The lowest BCUT2D eigenvalue weighted by Gasteiger charge is -2.37. The number of anilines is 1. The standard InChI is InChI=1S/C22H34N4O2S/c1-4-28-20-7-5-19(6-8-20)23-22(29)25-11-9-24(10-12-25)16-21(27)26-14-17(2)13-18(3)15-26/h5-8,17-18H,4,9-16H2,1-3H3,(H,23,29)/p+1/t17-,18-/m0/s1. The van der Waals surface area contributed by atoms with E-state index in [0.29, 0.717) is 30.9 Å². The fourth-order valence-electron chi connectivity index (χ4n) is 4.40. The van der Waals surface area contributed by atoms with Gasteiger partial charge in [0.25, 0.3) is 5.91 Å². The van der Waals surface area contributed by atoms with Crippen molar-refractivity contribution in [2.75, 3.05) is 57.7 Å². The highest BCUT2D eigenvalue weighted by molar-refractivity contribution is 7.80. The largest absolute Gasteiger partial charge is 0.494 e. The first-order chi connectivity index (χ1) is 13.9. The molecule has 0 unspecified atom stereocenters. The molecule has 0 saturated carbocycles. The summed E-state index contributed by atoms with van der Waals surface area (Å²) < 4.78 is 5.48. The van der Waals surface area contributed by atoms with E-state index < -0.39 is 0 Å². The van der Waals surface area contributed by atoms with Crippen molar-refractivity contribution < 1.29 is 14.4 Å². The minimum atomic E-state index is 0.307. The van der Waals surface area contributed by atoms with E-state index >= 15 is 0 Å². The number of benzene rings is 1. The van der Waals surface area contributed by atoms with Gasteiger partial charge in [0.05, 0.1) is 32.8 Å². The molecule has 2 atom stereocenters. The minimum absolute atomic E-state index is 0.307. The molecule has 2 saturated heterocycles. The van der Waals surface area contributed by atoms with Crippen molar-refractivity contribution in [3.05, 3.63) is 24.3 Å². The zero-order chi connectivity index (χ0) is 20.8. The Hall–Kier alpha value is -1.86. The summed E-state index contributed by atoms with van der Waals surface area (Å²) in [7, 11) is 0. The highest BCUT2D eigenvalue weighted by atomic mass is 32.1. The predicted octanol–water partition coefficient (Wildman–Crippen LogP) is 1.49. The fourth-order valence-corrected chi connectivity index (χ4v) is 4.70. The van der Waals surface area contributed by atoms with Crippen LogP contribution in [0.3, 0.4) is 0 Å². The van der Waals surface area contributed by atoms with Crippen LogP contribution >= 0.6 is 12.2 Å². The highest BCUT2D eigenvalue weighted by Crippen LogP contribution is 2.20. The van der Waals surface area contributed by atoms with E-state index in [2.05, 4.69) is 29.0 Å². The van der Waals surface area contributed by atoms with Gasteiger partial charge in [-0.25, -0.2) is 0 Å². The van der Waals surface area contributed by atoms with Gasteiger partial charge in [-0.2, -0.15) is 0 Å². The smallest absolute Gasteiger partial charge is 0.277 e. The third-order valence-corrected chi connectivity index (χ3v) is 6.16. The van der Waals surface area contributed by atoms with Crippen molar-refractivity contribution in [3.8, 4) is 5.75 Å². The lowest BCUT2D eigenvalue weighted by Crippen LogP contribution is -3.15. The Morgan fingerprint density at radius 2 is 1.76 bits per heavy atom. The zero-order valence-corrected chi connectivity index (χ0v) is 18.8. The second-order valence-electron chi connectivity index (χ2n) is 8.55. The molecule has 160 valence electrons. The number of amides is 1. The Balaban J connectivity index is 1.42. The first-order valence-corrected chi connectivity index (χ1v) is 11.3. The van der Waals surface area contributed by atoms with Crippen LogP contribution < -0.4 is 15.0 Å². The number of carbonyl (C=O) groups excluding carboxylic acids is 1. The van der Waals surface area contributed by atoms with E-state index in [9.17, 15) is 4.79 Å². The van der Waals surface area contributed by atoms with Crippen LogP contribution in [0.5, 0.6) is 5.75 Å². The van der Waals surface area contributed by atoms with Crippen LogP contribution in [0.25, 0.3) is 0 Å². The number of likely N-dealkylation sites (tertiary alicyclic amines) is 1. The van der Waals surface area contributed by atoms with E-state index in [1.54, 1.807) is 0 Å². The molecule has 1 aromatic carbocycles. The molecular weight excluding hydrogens is 384 g/mol. The number of hydrogen-bond donors (Lipinski definition) is 2. The number of quaternary nitrogens is 1. The van der Waals surface area contributed by atoms with Crippen LogP contribution in [0.4, 0.5) is 5.69 Å². The van der Waals surface area contributed by atoms with Crippen LogP contribution in [0.15, 0.2) is 24.3 Å². The molecule has 2 aliphatic heterocycles. The Morgan fingerprint density at radius 3 is 2.34 bits per heavy atom. The fraction of sp³-hybridized carbons (Fsp3) is 0.636. The van der Waals surface area contributed by atoms with Crippen molar-refractivity contribution in [2.45, 2.75) is 27.2 Å². The molecule has 0 radical (unpaired) electrons. The Labute approximate surface area is 180 Å². The van der Waals surface area contributed by atoms with E-state index in [4.69, 9.17) is 17.0 Å². The summed E-state index contributed by atoms with van der Waals surface area (Å²) >= 11 is 5.59. The van der Waals surface area contributed by atoms with Gasteiger partial charge in [0.1, 0.15) is 5.75 Å². The van der Waals surface area contributed by atoms with Gasteiger partial charge in [-0.1, -0.05) is 13.8 Å². The first kappa shape index (κ1) is 21.8. The molecule has 0 spiro atoms. The predicted molar refractivity (Wildman–Crippen MR) is 120 cm³/mol. The topological polar surface area (TPSA) is 49.3 Å². The lowest BCUT2D eigenvalue weighted by atomic mass is 9.92. The number of ether oxygens (including phenoxy) is 1. The van der Waals surface area contributed by atoms with E-state index in [0.717, 1.165) is 55.8 Å². The molecule has 2 N–H and O–H groups in total. The molecule has 3 rings (SSSR count). The van der Waals surface area contributed by atoms with Crippen LogP contribution in [0.1, 0.15) is 27.2 Å². The van der Waals surface area contributed by atoms with Gasteiger partial charge in [-0.05, 0) is 61.7 Å². The van der Waals surface area contributed by atoms with Crippen LogP contribution in [-0.4, -0.2) is 73.2 Å². The summed E-state index contributed by atoms with van der Waals surface area (Å²) in [6, 6.07) is 7.87. The molecule has 2 heterocycles. The molecule has 0 bridgehead atoms. The average Bonchev–Trinajstić information content (AvgIpc) is 2.69. The third-order valence-electron chi connectivity index (χ3n) is 5.80. The number of carbonyl (C=O) groups is 1. The summed E-state index contributed by atoms with van der Waals surface area (Å²) in [6.45, 7) is 13.2. The van der Waals surface area contributed by atoms with Gasteiger partial charge < -0.3 is 24.8 Å². The number of rotatable bonds is 5. The van der Waals surface area contributed by atoms with Crippen molar-refractivity contribution in [1.82, 2.24) is 9.80 Å². The maximum Gasteiger partial charge on any atom is 0.277 e. The molecule has 1 amide bonds. The summed E-state index contributed by atoms with van der Waals surface area (Å²) in [6.07, 6.45) is 1.23. The summed E-state index contributed by atoms with van der Waals surface area (Å²) in [5, 5.41) is 4.06. The normalized spacial score (nSPS) is 23.0. The molecule has 2 fully saturated rings. The van der Waals surface area contributed by atoms with E-state index in [1.807, 2.05) is 31.2 Å². The molecule has 0 aliphatic carbocycles. The number of piperidine rings is 1. The number of thiocarbonyl (C=S) groups is 1. The minimum Gasteiger partial charge on any atom is -0.494 e. The van der Waals surface area contributed by atoms with Gasteiger partial charge in [-0.15, -0.1) is 0 Å². The van der Waals surface area contributed by atoms with Crippen molar-refractivity contribution in [2.24, 2.45) is 11.8 Å². The van der Waals surface area contributed by atoms with Crippen molar-refractivity contribution in [3.63, 3.8) is 0 Å². The monoisotopic (exact) mass is 419 g/mol. The van der Waals surface area contributed by atoms with E-state index in [-0.39, 0.29) is 0 Å². The van der Waals surface area contributed by atoms with Crippen LogP contribution in [0, 0.1) is 11.8 Å². The summed E-state index contributed by atoms with van der Waals surface area (Å²) in [5.41, 5.74) is 0.969. The number of nitrogens with zero attached hydrogens (tertiary/aromatic N) is 2. The molecular formula is C22H35N4O2S+. The number of hydrogen-bond acceptors (Lipinski definition) is 3. The quantitative estimate of drug-likeness (QED) is 0.709. The Morgan fingerprint density at radius 1 is 1.14 bits per heavy atom. The zero-order valence-electron chi connectivity index (χ0n) is 17.9. The van der Waals surface area contributed by atoms with Crippen molar-refractivity contribution in [1.29, 1.82) is 0 Å². The second-order valence-corrected chi connectivity index (χ2v) is 8.93. The molecule has 6 nitrogen and oxygen atoms in total. The van der Waals surface area contributed by atoms with Gasteiger partial charge in [-0.3, -0.25) is 4.79 Å². The van der Waals surface area contributed by atoms with Crippen LogP contribution in [-0.2, 0) is 4.79 Å². The molecule has 29 heavy (non-hydrogen) atoms. The molecule has 7 heteroatoms. The maximum atomic E-state index is 12.7. The lowest BCUT2D eigenvalue weighted by molar-refractivity contribution is -0.896. The first-order valence-electron chi connectivity index (χ1n) is 10.8. The molecule has 2 aliphatic rings. The third kappa shape index (κ3) is 6.31. The summed E-state index contributed by atoms with van der Waals surface area (Å²) in [5.74, 6) is 2.39. The van der Waals surface area contributed by atoms with Gasteiger partial charge in [0, 0.05) is 18.8 Å². The molecule has 1 aromatic rings. The Bertz CT molecular complexity index is 679. The van der Waals surface area contributed by atoms with Gasteiger partial charge >= 0.3 is 0 Å². The average molecular weight is 420 g/mol. The van der Waals surface area contributed by atoms with Crippen molar-refractivity contribution >= 4 is 28.9 Å². The van der Waals surface area contributed by atoms with E-state index in [1.165, 1.54) is 11.3 Å². The second kappa shape index (κ2) is 10.3.